The maximum absolute atomic E-state index is 11.3. The van der Waals surface area contributed by atoms with Gasteiger partial charge in [0.2, 0.25) is 0 Å². The minimum absolute atomic E-state index is 0.296. The van der Waals surface area contributed by atoms with Gasteiger partial charge in [-0.05, 0) is 30.5 Å². The van der Waals surface area contributed by atoms with E-state index in [2.05, 4.69) is 10.1 Å². The van der Waals surface area contributed by atoms with Crippen molar-refractivity contribution in [2.75, 3.05) is 20.3 Å². The second-order valence-corrected chi connectivity index (χ2v) is 5.50. The second kappa shape index (κ2) is 8.80. The summed E-state index contributed by atoms with van der Waals surface area (Å²) in [4.78, 5) is 11.3. The first-order valence-electron chi connectivity index (χ1n) is 7.79. The number of carbonyl (C=O) groups excluding carboxylic acids is 1. The van der Waals surface area contributed by atoms with Crippen molar-refractivity contribution in [2.45, 2.75) is 44.8 Å². The molecule has 0 atom stereocenters. The van der Waals surface area contributed by atoms with Crippen LogP contribution in [0.2, 0.25) is 0 Å². The first-order valence-corrected chi connectivity index (χ1v) is 7.79. The van der Waals surface area contributed by atoms with Gasteiger partial charge in [0, 0.05) is 13.1 Å². The number of hydrogen-bond acceptors (Lipinski definition) is 4. The third-order valence-electron chi connectivity index (χ3n) is 3.89. The summed E-state index contributed by atoms with van der Waals surface area (Å²) >= 11 is 0. The maximum atomic E-state index is 11.3. The number of methoxy groups -OCH3 is 1. The highest BCUT2D eigenvalue weighted by molar-refractivity contribution is 5.89. The van der Waals surface area contributed by atoms with Gasteiger partial charge in [0.05, 0.1) is 25.4 Å². The molecule has 0 saturated heterocycles. The number of rotatable bonds is 7. The third-order valence-corrected chi connectivity index (χ3v) is 3.89. The summed E-state index contributed by atoms with van der Waals surface area (Å²) in [7, 11) is 1.39. The van der Waals surface area contributed by atoms with Gasteiger partial charge in [0.15, 0.2) is 0 Å². The Balaban J connectivity index is 1.61. The predicted molar refractivity (Wildman–Crippen MR) is 82.3 cm³/mol. The maximum Gasteiger partial charge on any atom is 0.337 e. The van der Waals surface area contributed by atoms with Crippen LogP contribution in [0.4, 0.5) is 0 Å². The van der Waals surface area contributed by atoms with Crippen molar-refractivity contribution >= 4 is 5.97 Å². The van der Waals surface area contributed by atoms with E-state index in [1.54, 1.807) is 12.1 Å². The van der Waals surface area contributed by atoms with E-state index in [9.17, 15) is 4.79 Å². The van der Waals surface area contributed by atoms with E-state index in [4.69, 9.17) is 4.74 Å². The molecule has 1 fully saturated rings. The molecule has 1 N–H and O–H groups in total. The van der Waals surface area contributed by atoms with Crippen molar-refractivity contribution in [3.63, 3.8) is 0 Å². The van der Waals surface area contributed by atoms with E-state index < -0.39 is 0 Å². The standard InChI is InChI=1S/C17H25NO3/c1-20-17(19)15-9-7-14(8-10-15)13-18-11-12-21-16-5-3-2-4-6-16/h7-10,16,18H,2-6,11-13H2,1H3. The van der Waals surface area contributed by atoms with Crippen molar-refractivity contribution in [1.82, 2.24) is 5.32 Å². The van der Waals surface area contributed by atoms with Gasteiger partial charge in [0.25, 0.3) is 0 Å². The van der Waals surface area contributed by atoms with Crippen LogP contribution in [-0.4, -0.2) is 32.3 Å². The van der Waals surface area contributed by atoms with Crippen LogP contribution in [0, 0.1) is 0 Å². The van der Waals surface area contributed by atoms with E-state index >= 15 is 0 Å². The zero-order chi connectivity index (χ0) is 14.9. The van der Waals surface area contributed by atoms with Crippen LogP contribution in [0.3, 0.4) is 0 Å². The lowest BCUT2D eigenvalue weighted by molar-refractivity contribution is 0.0302. The summed E-state index contributed by atoms with van der Waals surface area (Å²) in [5, 5.41) is 3.36. The molecule has 0 aromatic heterocycles. The Morgan fingerprint density at radius 1 is 1.19 bits per heavy atom. The zero-order valence-corrected chi connectivity index (χ0v) is 12.8. The highest BCUT2D eigenvalue weighted by Crippen LogP contribution is 2.19. The van der Waals surface area contributed by atoms with Gasteiger partial charge in [0.1, 0.15) is 0 Å². The Kier molecular flexibility index (Phi) is 6.70. The lowest BCUT2D eigenvalue weighted by Crippen LogP contribution is -2.24. The van der Waals surface area contributed by atoms with E-state index in [-0.39, 0.29) is 5.97 Å². The van der Waals surface area contributed by atoms with E-state index in [0.29, 0.717) is 11.7 Å². The Morgan fingerprint density at radius 2 is 1.90 bits per heavy atom. The number of nitrogens with one attached hydrogen (secondary N) is 1. The van der Waals surface area contributed by atoms with Crippen LogP contribution in [0.25, 0.3) is 0 Å². The van der Waals surface area contributed by atoms with Gasteiger partial charge in [-0.15, -0.1) is 0 Å². The first-order chi connectivity index (χ1) is 10.3. The molecule has 0 heterocycles. The quantitative estimate of drug-likeness (QED) is 0.620. The van der Waals surface area contributed by atoms with Crippen molar-refractivity contribution in [1.29, 1.82) is 0 Å². The average Bonchev–Trinajstić information content (AvgIpc) is 2.55. The molecule has 1 aromatic carbocycles. The Hall–Kier alpha value is -1.39. The molecule has 21 heavy (non-hydrogen) atoms. The van der Waals surface area contributed by atoms with E-state index in [0.717, 1.165) is 25.3 Å². The third kappa shape index (κ3) is 5.48. The average molecular weight is 291 g/mol. The van der Waals surface area contributed by atoms with Crippen LogP contribution in [-0.2, 0) is 16.0 Å². The topological polar surface area (TPSA) is 47.6 Å². The molecule has 1 aromatic rings. The molecule has 2 rings (SSSR count). The summed E-state index contributed by atoms with van der Waals surface area (Å²) in [6.45, 7) is 2.41. The van der Waals surface area contributed by atoms with Crippen molar-refractivity contribution in [3.05, 3.63) is 35.4 Å². The fourth-order valence-electron chi connectivity index (χ4n) is 2.64. The monoisotopic (exact) mass is 291 g/mol. The Bertz CT molecular complexity index is 424. The van der Waals surface area contributed by atoms with Gasteiger partial charge < -0.3 is 14.8 Å². The highest BCUT2D eigenvalue weighted by Gasteiger charge is 2.12. The fraction of sp³-hybridized carbons (Fsp3) is 0.588. The second-order valence-electron chi connectivity index (χ2n) is 5.50. The predicted octanol–water partition coefficient (Wildman–Crippen LogP) is 2.91. The molecule has 116 valence electrons. The fourth-order valence-corrected chi connectivity index (χ4v) is 2.64. The number of ether oxygens (including phenoxy) is 2. The van der Waals surface area contributed by atoms with Crippen LogP contribution >= 0.6 is 0 Å². The van der Waals surface area contributed by atoms with Crippen molar-refractivity contribution < 1.29 is 14.3 Å². The molecular weight excluding hydrogens is 266 g/mol. The normalized spacial score (nSPS) is 15.9. The van der Waals surface area contributed by atoms with E-state index in [1.165, 1.54) is 39.2 Å². The lowest BCUT2D eigenvalue weighted by atomic mass is 9.98. The Labute approximate surface area is 126 Å². The summed E-state index contributed by atoms with van der Waals surface area (Å²) in [5.74, 6) is -0.296. The van der Waals surface area contributed by atoms with Gasteiger partial charge in [-0.3, -0.25) is 0 Å². The molecule has 0 aliphatic heterocycles. The van der Waals surface area contributed by atoms with Crippen molar-refractivity contribution in [3.8, 4) is 0 Å². The SMILES string of the molecule is COC(=O)c1ccc(CNCCOC2CCCCC2)cc1. The number of benzene rings is 1. The van der Waals surface area contributed by atoms with Crippen LogP contribution in [0.1, 0.15) is 48.0 Å². The molecule has 0 spiro atoms. The lowest BCUT2D eigenvalue weighted by Gasteiger charge is -2.22. The summed E-state index contributed by atoms with van der Waals surface area (Å²) in [5.41, 5.74) is 1.74. The highest BCUT2D eigenvalue weighted by atomic mass is 16.5. The minimum Gasteiger partial charge on any atom is -0.465 e. The van der Waals surface area contributed by atoms with Gasteiger partial charge in [-0.2, -0.15) is 0 Å². The summed E-state index contributed by atoms with van der Waals surface area (Å²) in [6.07, 6.45) is 6.89. The smallest absolute Gasteiger partial charge is 0.337 e. The molecule has 4 nitrogen and oxygen atoms in total. The van der Waals surface area contributed by atoms with Gasteiger partial charge in [-0.25, -0.2) is 4.79 Å². The molecule has 0 bridgehead atoms. The molecule has 0 radical (unpaired) electrons. The number of carbonyl (C=O) groups is 1. The largest absolute Gasteiger partial charge is 0.465 e. The molecule has 4 heteroatoms. The molecule has 0 unspecified atom stereocenters. The summed E-state index contributed by atoms with van der Waals surface area (Å²) < 4.78 is 10.5. The van der Waals surface area contributed by atoms with Gasteiger partial charge in [-0.1, -0.05) is 31.4 Å². The zero-order valence-electron chi connectivity index (χ0n) is 12.8. The first kappa shape index (κ1) is 16.0. The summed E-state index contributed by atoms with van der Waals surface area (Å²) in [6, 6.07) is 7.48. The van der Waals surface area contributed by atoms with E-state index in [1.807, 2.05) is 12.1 Å². The molecular formula is C17H25NO3. The molecule has 0 amide bonds. The van der Waals surface area contributed by atoms with Crippen LogP contribution in [0.15, 0.2) is 24.3 Å². The van der Waals surface area contributed by atoms with Gasteiger partial charge >= 0.3 is 5.97 Å². The van der Waals surface area contributed by atoms with Crippen molar-refractivity contribution in [2.24, 2.45) is 0 Å². The molecule has 1 saturated carbocycles. The Morgan fingerprint density at radius 3 is 2.57 bits per heavy atom. The molecule has 1 aliphatic carbocycles. The minimum atomic E-state index is -0.296. The number of hydrogen-bond donors (Lipinski definition) is 1. The van der Waals surface area contributed by atoms with Crippen LogP contribution < -0.4 is 5.32 Å². The van der Waals surface area contributed by atoms with Crippen LogP contribution in [0.5, 0.6) is 0 Å². The molecule has 1 aliphatic rings. The number of esters is 1.